The van der Waals surface area contributed by atoms with Crippen LogP contribution in [0.15, 0.2) is 6.20 Å². The van der Waals surface area contributed by atoms with E-state index in [1.165, 1.54) is 13.3 Å². The van der Waals surface area contributed by atoms with Crippen LogP contribution in [-0.4, -0.2) is 23.3 Å². The number of hydrogen-bond acceptors (Lipinski definition) is 4. The Morgan fingerprint density at radius 3 is 2.58 bits per heavy atom. The van der Waals surface area contributed by atoms with Crippen molar-refractivity contribution in [2.75, 3.05) is 12.8 Å². The van der Waals surface area contributed by atoms with Gasteiger partial charge in [-0.05, 0) is 0 Å². The van der Waals surface area contributed by atoms with Crippen LogP contribution in [0.5, 0.6) is 0 Å². The Labute approximate surface area is 70.9 Å². The molecule has 12 heavy (non-hydrogen) atoms. The van der Waals surface area contributed by atoms with Crippen LogP contribution < -0.4 is 5.73 Å². The zero-order valence-corrected chi connectivity index (χ0v) is 7.42. The third-order valence-corrected chi connectivity index (χ3v) is 1.06. The van der Waals surface area contributed by atoms with Crippen molar-refractivity contribution in [2.24, 2.45) is 0 Å². The fourth-order valence-electron chi connectivity index (χ4n) is 0.561. The van der Waals surface area contributed by atoms with Gasteiger partial charge in [0.05, 0.1) is 19.0 Å². The van der Waals surface area contributed by atoms with E-state index >= 15 is 0 Å². The molecule has 0 atom stereocenters. The first-order chi connectivity index (χ1) is 5.75. The number of anilines is 1. The van der Waals surface area contributed by atoms with Gasteiger partial charge in [-0.25, -0.2) is 4.79 Å². The zero-order chi connectivity index (χ0) is 9.56. The Morgan fingerprint density at radius 1 is 1.67 bits per heavy atom. The fourth-order valence-corrected chi connectivity index (χ4v) is 0.561. The molecule has 0 spiro atoms. The summed E-state index contributed by atoms with van der Waals surface area (Å²) in [5.74, 6) is -0.505. The molecule has 0 radical (unpaired) electrons. The molecule has 5 heteroatoms. The standard InChI is InChI=1S/C5H7N3O2.C2H6/c1-10-5(9)4-3(6)2-7-8-4;1-2/h2H,6H2,1H3,(H,7,8);1-2H3. The highest BCUT2D eigenvalue weighted by Crippen LogP contribution is 2.05. The van der Waals surface area contributed by atoms with E-state index in [1.54, 1.807) is 0 Å². The van der Waals surface area contributed by atoms with Gasteiger partial charge in [-0.2, -0.15) is 5.10 Å². The summed E-state index contributed by atoms with van der Waals surface area (Å²) >= 11 is 0. The molecule has 1 aromatic heterocycles. The Bertz CT molecular complexity index is 245. The van der Waals surface area contributed by atoms with Gasteiger partial charge in [-0.1, -0.05) is 13.8 Å². The van der Waals surface area contributed by atoms with E-state index in [0.29, 0.717) is 5.69 Å². The molecule has 1 aromatic rings. The second kappa shape index (κ2) is 5.17. The van der Waals surface area contributed by atoms with Crippen molar-refractivity contribution in [1.82, 2.24) is 10.2 Å². The van der Waals surface area contributed by atoms with E-state index in [2.05, 4.69) is 14.9 Å². The summed E-state index contributed by atoms with van der Waals surface area (Å²) in [5, 5.41) is 5.95. The molecule has 0 saturated carbocycles. The number of methoxy groups -OCH3 is 1. The summed E-state index contributed by atoms with van der Waals surface area (Å²) in [6, 6.07) is 0. The molecule has 3 N–H and O–H groups in total. The monoisotopic (exact) mass is 171 g/mol. The number of nitrogens with two attached hydrogens (primary N) is 1. The number of nitrogen functional groups attached to an aromatic ring is 1. The van der Waals surface area contributed by atoms with Gasteiger partial charge in [0.1, 0.15) is 0 Å². The van der Waals surface area contributed by atoms with E-state index in [4.69, 9.17) is 5.73 Å². The number of carbonyl (C=O) groups is 1. The van der Waals surface area contributed by atoms with Crippen molar-refractivity contribution in [3.63, 3.8) is 0 Å². The number of H-pyrrole nitrogens is 1. The van der Waals surface area contributed by atoms with Crippen molar-refractivity contribution in [3.05, 3.63) is 11.9 Å². The number of nitrogens with zero attached hydrogens (tertiary/aromatic N) is 1. The fraction of sp³-hybridized carbons (Fsp3) is 0.429. The minimum Gasteiger partial charge on any atom is -0.464 e. The van der Waals surface area contributed by atoms with Gasteiger partial charge in [-0.3, -0.25) is 5.10 Å². The third kappa shape index (κ3) is 2.26. The number of ether oxygens (including phenoxy) is 1. The maximum Gasteiger partial charge on any atom is 0.358 e. The molecule has 5 nitrogen and oxygen atoms in total. The maximum absolute atomic E-state index is 10.7. The van der Waals surface area contributed by atoms with Gasteiger partial charge in [0.15, 0.2) is 5.69 Å². The van der Waals surface area contributed by atoms with Gasteiger partial charge in [0.25, 0.3) is 0 Å². The molecule has 0 amide bonds. The topological polar surface area (TPSA) is 81.0 Å². The Morgan fingerprint density at radius 2 is 2.25 bits per heavy atom. The van der Waals surface area contributed by atoms with Crippen LogP contribution in [0.1, 0.15) is 24.3 Å². The van der Waals surface area contributed by atoms with Crippen LogP contribution in [0.25, 0.3) is 0 Å². The largest absolute Gasteiger partial charge is 0.464 e. The quantitative estimate of drug-likeness (QED) is 0.612. The van der Waals surface area contributed by atoms with E-state index in [0.717, 1.165) is 0 Å². The first-order valence-corrected chi connectivity index (χ1v) is 3.63. The van der Waals surface area contributed by atoms with Gasteiger partial charge in [-0.15, -0.1) is 0 Å². The molecule has 0 aliphatic heterocycles. The lowest BCUT2D eigenvalue weighted by atomic mass is 10.4. The molecule has 0 bridgehead atoms. The average Bonchev–Trinajstić information content (AvgIpc) is 2.54. The number of aromatic nitrogens is 2. The zero-order valence-electron chi connectivity index (χ0n) is 7.42. The highest BCUT2D eigenvalue weighted by molar-refractivity contribution is 5.92. The minimum atomic E-state index is -0.505. The molecule has 1 rings (SSSR count). The lowest BCUT2D eigenvalue weighted by Gasteiger charge is -1.93. The summed E-state index contributed by atoms with van der Waals surface area (Å²) in [5.41, 5.74) is 5.82. The first-order valence-electron chi connectivity index (χ1n) is 3.63. The smallest absolute Gasteiger partial charge is 0.358 e. The predicted octanol–water partition coefficient (Wildman–Crippen LogP) is 0.805. The van der Waals surface area contributed by atoms with Gasteiger partial charge in [0.2, 0.25) is 0 Å². The summed E-state index contributed by atoms with van der Waals surface area (Å²) in [4.78, 5) is 10.7. The number of esters is 1. The second-order valence-electron chi connectivity index (χ2n) is 1.69. The van der Waals surface area contributed by atoms with Crippen molar-refractivity contribution in [1.29, 1.82) is 0 Å². The summed E-state index contributed by atoms with van der Waals surface area (Å²) < 4.78 is 4.39. The van der Waals surface area contributed by atoms with Crippen LogP contribution in [0.2, 0.25) is 0 Å². The molecule has 0 aliphatic rings. The normalized spacial score (nSPS) is 8.25. The van der Waals surface area contributed by atoms with Crippen molar-refractivity contribution < 1.29 is 9.53 Å². The molecule has 0 fully saturated rings. The van der Waals surface area contributed by atoms with Gasteiger partial charge in [0, 0.05) is 0 Å². The van der Waals surface area contributed by atoms with Crippen LogP contribution >= 0.6 is 0 Å². The molecule has 0 unspecified atom stereocenters. The van der Waals surface area contributed by atoms with E-state index in [9.17, 15) is 4.79 Å². The van der Waals surface area contributed by atoms with Crippen molar-refractivity contribution in [2.45, 2.75) is 13.8 Å². The number of rotatable bonds is 1. The average molecular weight is 171 g/mol. The maximum atomic E-state index is 10.7. The molecule has 0 aromatic carbocycles. The molecule has 0 saturated heterocycles. The van der Waals surface area contributed by atoms with Crippen LogP contribution in [0, 0.1) is 0 Å². The minimum absolute atomic E-state index is 0.197. The van der Waals surface area contributed by atoms with E-state index in [1.807, 2.05) is 13.8 Å². The van der Waals surface area contributed by atoms with Crippen LogP contribution in [0.4, 0.5) is 5.69 Å². The third-order valence-electron chi connectivity index (χ3n) is 1.06. The van der Waals surface area contributed by atoms with Crippen LogP contribution in [-0.2, 0) is 4.74 Å². The summed E-state index contributed by atoms with van der Waals surface area (Å²) in [6.07, 6.45) is 1.35. The SMILES string of the molecule is CC.COC(=O)c1[nH]ncc1N. The van der Waals surface area contributed by atoms with Gasteiger partial charge >= 0.3 is 5.97 Å². The van der Waals surface area contributed by atoms with E-state index in [-0.39, 0.29) is 5.69 Å². The Hall–Kier alpha value is -1.52. The second-order valence-corrected chi connectivity index (χ2v) is 1.69. The van der Waals surface area contributed by atoms with Gasteiger partial charge < -0.3 is 10.5 Å². The summed E-state index contributed by atoms with van der Waals surface area (Å²) in [6.45, 7) is 4.00. The predicted molar refractivity (Wildman–Crippen MR) is 45.7 cm³/mol. The number of carbonyl (C=O) groups excluding carboxylic acids is 1. The molecule has 1 heterocycles. The van der Waals surface area contributed by atoms with Crippen LogP contribution in [0.3, 0.4) is 0 Å². The Balaban J connectivity index is 0.000000561. The lowest BCUT2D eigenvalue weighted by molar-refractivity contribution is 0.0595. The lowest BCUT2D eigenvalue weighted by Crippen LogP contribution is -2.04. The highest BCUT2D eigenvalue weighted by atomic mass is 16.5. The number of nitrogens with one attached hydrogen (secondary N) is 1. The van der Waals surface area contributed by atoms with Crippen molar-refractivity contribution in [3.8, 4) is 0 Å². The molecular formula is C7H13N3O2. The first kappa shape index (κ1) is 10.5. The molecular weight excluding hydrogens is 158 g/mol. The highest BCUT2D eigenvalue weighted by Gasteiger charge is 2.10. The summed E-state index contributed by atoms with van der Waals surface area (Å²) in [7, 11) is 1.28. The molecule has 68 valence electrons. The molecule has 0 aliphatic carbocycles. The Kier molecular flexibility index (Phi) is 4.52. The van der Waals surface area contributed by atoms with E-state index < -0.39 is 5.97 Å². The number of hydrogen-bond donors (Lipinski definition) is 2. The van der Waals surface area contributed by atoms with Crippen molar-refractivity contribution >= 4 is 11.7 Å². The number of aromatic amines is 1.